The predicted molar refractivity (Wildman–Crippen MR) is 93.5 cm³/mol. The Morgan fingerprint density at radius 2 is 2.08 bits per heavy atom. The van der Waals surface area contributed by atoms with Crippen molar-refractivity contribution in [1.82, 2.24) is 10.6 Å². The Bertz CT molecular complexity index is 831. The van der Waals surface area contributed by atoms with Gasteiger partial charge >= 0.3 is 0 Å². The van der Waals surface area contributed by atoms with Gasteiger partial charge in [-0.1, -0.05) is 30.3 Å². The molecule has 5 nitrogen and oxygen atoms in total. The molecular weight excluding hydrogens is 316 g/mol. The van der Waals surface area contributed by atoms with Crippen LogP contribution < -0.4 is 15.4 Å². The number of hydrogen-bond donors (Lipinski definition) is 2. The summed E-state index contributed by atoms with van der Waals surface area (Å²) in [5.41, 5.74) is 3.80. The van der Waals surface area contributed by atoms with Crippen molar-refractivity contribution in [2.45, 2.75) is 31.8 Å². The number of amides is 2. The number of fused-ring (bicyclic) bond motifs is 2. The minimum absolute atomic E-state index is 0.156. The van der Waals surface area contributed by atoms with Crippen molar-refractivity contribution in [1.29, 1.82) is 0 Å². The quantitative estimate of drug-likeness (QED) is 0.901. The lowest BCUT2D eigenvalue weighted by molar-refractivity contribution is -0.123. The standard InChI is InChI=1S/C20H20N2O3/c23-19-16-6-2-1-4-14(16)11-17(22-19)20(24)21-12-13-7-8-18-15(10-13)5-3-9-25-18/h1-2,4,6-8,10,17H,3,5,9,11-12H2,(H,21,24)(H,22,23). The molecule has 4 rings (SSSR count). The normalized spacial score (nSPS) is 18.4. The summed E-state index contributed by atoms with van der Waals surface area (Å²) in [6.45, 7) is 1.21. The molecule has 2 amide bonds. The van der Waals surface area contributed by atoms with Crippen molar-refractivity contribution >= 4 is 11.8 Å². The molecule has 2 aromatic carbocycles. The van der Waals surface area contributed by atoms with Gasteiger partial charge in [0.25, 0.3) is 5.91 Å². The molecule has 1 atom stereocenters. The first kappa shape index (κ1) is 15.7. The Hall–Kier alpha value is -2.82. The van der Waals surface area contributed by atoms with Crippen LogP contribution in [0.25, 0.3) is 0 Å². The highest BCUT2D eigenvalue weighted by molar-refractivity contribution is 6.00. The van der Waals surface area contributed by atoms with Gasteiger partial charge in [-0.25, -0.2) is 0 Å². The number of aryl methyl sites for hydroxylation is 1. The maximum atomic E-state index is 12.5. The maximum Gasteiger partial charge on any atom is 0.252 e. The second-order valence-corrected chi connectivity index (χ2v) is 6.50. The molecule has 0 aromatic heterocycles. The Labute approximate surface area is 146 Å². The average Bonchev–Trinajstić information content (AvgIpc) is 2.66. The van der Waals surface area contributed by atoms with Crippen molar-refractivity contribution in [3.8, 4) is 5.75 Å². The summed E-state index contributed by atoms with van der Waals surface area (Å²) in [5.74, 6) is 0.599. The number of rotatable bonds is 3. The molecule has 2 heterocycles. The molecule has 0 bridgehead atoms. The molecule has 0 fully saturated rings. The fourth-order valence-electron chi connectivity index (χ4n) is 3.42. The van der Waals surface area contributed by atoms with Gasteiger partial charge in [0, 0.05) is 18.5 Å². The lowest BCUT2D eigenvalue weighted by atomic mass is 9.95. The molecule has 128 valence electrons. The Morgan fingerprint density at radius 3 is 3.00 bits per heavy atom. The van der Waals surface area contributed by atoms with Gasteiger partial charge in [-0.15, -0.1) is 0 Å². The maximum absolute atomic E-state index is 12.5. The molecular formula is C20H20N2O3. The monoisotopic (exact) mass is 336 g/mol. The molecule has 2 aliphatic rings. The first-order valence-electron chi connectivity index (χ1n) is 8.62. The smallest absolute Gasteiger partial charge is 0.252 e. The fourth-order valence-corrected chi connectivity index (χ4v) is 3.42. The molecule has 5 heteroatoms. The summed E-state index contributed by atoms with van der Waals surface area (Å²) in [6, 6.07) is 12.9. The van der Waals surface area contributed by atoms with Crippen molar-refractivity contribution in [3.05, 3.63) is 64.7 Å². The van der Waals surface area contributed by atoms with Crippen molar-refractivity contribution in [2.75, 3.05) is 6.61 Å². The summed E-state index contributed by atoms with van der Waals surface area (Å²) in [7, 11) is 0. The van der Waals surface area contributed by atoms with Gasteiger partial charge in [-0.3, -0.25) is 9.59 Å². The van der Waals surface area contributed by atoms with Crippen LogP contribution in [0.5, 0.6) is 5.75 Å². The van der Waals surface area contributed by atoms with Crippen molar-refractivity contribution < 1.29 is 14.3 Å². The molecule has 1 unspecified atom stereocenters. The molecule has 2 aromatic rings. The van der Waals surface area contributed by atoms with E-state index in [1.54, 1.807) is 6.07 Å². The minimum Gasteiger partial charge on any atom is -0.493 e. The third-order valence-electron chi connectivity index (χ3n) is 4.75. The van der Waals surface area contributed by atoms with Gasteiger partial charge < -0.3 is 15.4 Å². The van der Waals surface area contributed by atoms with Crippen molar-refractivity contribution in [2.24, 2.45) is 0 Å². The number of benzene rings is 2. The van der Waals surface area contributed by atoms with E-state index >= 15 is 0 Å². The van der Waals surface area contributed by atoms with Gasteiger partial charge in [0.15, 0.2) is 0 Å². The largest absolute Gasteiger partial charge is 0.493 e. The molecule has 25 heavy (non-hydrogen) atoms. The lowest BCUT2D eigenvalue weighted by Crippen LogP contribution is -2.50. The summed E-state index contributed by atoms with van der Waals surface area (Å²) < 4.78 is 5.61. The molecule has 0 saturated carbocycles. The van der Waals surface area contributed by atoms with Crippen LogP contribution in [-0.4, -0.2) is 24.5 Å². The van der Waals surface area contributed by atoms with Crippen LogP contribution in [0.2, 0.25) is 0 Å². The highest BCUT2D eigenvalue weighted by atomic mass is 16.5. The molecule has 0 spiro atoms. The molecule has 2 aliphatic heterocycles. The van der Waals surface area contributed by atoms with Gasteiger partial charge in [-0.05, 0) is 41.7 Å². The highest BCUT2D eigenvalue weighted by Gasteiger charge is 2.28. The van der Waals surface area contributed by atoms with Gasteiger partial charge in [-0.2, -0.15) is 0 Å². The SMILES string of the molecule is O=C1NC(C(=O)NCc2ccc3c(c2)CCCO3)Cc2ccccc21. The van der Waals surface area contributed by atoms with E-state index in [0.29, 0.717) is 18.5 Å². The molecule has 0 radical (unpaired) electrons. The third kappa shape index (κ3) is 3.22. The average molecular weight is 336 g/mol. The number of nitrogens with one attached hydrogen (secondary N) is 2. The first-order valence-corrected chi connectivity index (χ1v) is 8.62. The Morgan fingerprint density at radius 1 is 1.20 bits per heavy atom. The second kappa shape index (κ2) is 6.59. The van der Waals surface area contributed by atoms with Gasteiger partial charge in [0.1, 0.15) is 11.8 Å². The highest BCUT2D eigenvalue weighted by Crippen LogP contribution is 2.25. The number of carbonyl (C=O) groups excluding carboxylic acids is 2. The van der Waals surface area contributed by atoms with Gasteiger partial charge in [0.05, 0.1) is 6.61 Å². The van der Waals surface area contributed by atoms with Crippen LogP contribution in [0.4, 0.5) is 0 Å². The van der Waals surface area contributed by atoms with Crippen LogP contribution in [0.15, 0.2) is 42.5 Å². The van der Waals surface area contributed by atoms with E-state index in [-0.39, 0.29) is 11.8 Å². The summed E-state index contributed by atoms with van der Waals surface area (Å²) >= 11 is 0. The zero-order valence-electron chi connectivity index (χ0n) is 13.9. The van der Waals surface area contributed by atoms with Crippen molar-refractivity contribution in [3.63, 3.8) is 0 Å². The van der Waals surface area contributed by atoms with E-state index < -0.39 is 6.04 Å². The predicted octanol–water partition coefficient (Wildman–Crippen LogP) is 1.98. The number of carbonyl (C=O) groups is 2. The van der Waals surface area contributed by atoms with Crippen LogP contribution in [0, 0.1) is 0 Å². The first-order chi connectivity index (χ1) is 12.2. The lowest BCUT2D eigenvalue weighted by Gasteiger charge is -2.25. The zero-order valence-corrected chi connectivity index (χ0v) is 13.9. The van der Waals surface area contributed by atoms with Gasteiger partial charge in [0.2, 0.25) is 5.91 Å². The summed E-state index contributed by atoms with van der Waals surface area (Å²) in [4.78, 5) is 24.6. The Kier molecular flexibility index (Phi) is 4.14. The number of ether oxygens (including phenoxy) is 1. The Balaban J connectivity index is 1.40. The van der Waals surface area contributed by atoms with E-state index in [9.17, 15) is 9.59 Å². The second-order valence-electron chi connectivity index (χ2n) is 6.50. The number of hydrogen-bond acceptors (Lipinski definition) is 3. The topological polar surface area (TPSA) is 67.4 Å². The van der Waals surface area contributed by atoms with Crippen LogP contribution in [0.1, 0.15) is 33.5 Å². The van der Waals surface area contributed by atoms with E-state index in [0.717, 1.165) is 36.3 Å². The van der Waals surface area contributed by atoms with Crippen LogP contribution >= 0.6 is 0 Å². The summed E-state index contributed by atoms with van der Waals surface area (Å²) in [5, 5.41) is 5.72. The van der Waals surface area contributed by atoms with Crippen LogP contribution in [-0.2, 0) is 24.2 Å². The minimum atomic E-state index is -0.525. The molecule has 0 aliphatic carbocycles. The summed E-state index contributed by atoms with van der Waals surface area (Å²) in [6.07, 6.45) is 2.55. The van der Waals surface area contributed by atoms with E-state index in [2.05, 4.69) is 16.7 Å². The van der Waals surface area contributed by atoms with E-state index in [4.69, 9.17) is 4.74 Å². The molecule has 0 saturated heterocycles. The van der Waals surface area contributed by atoms with Crippen LogP contribution in [0.3, 0.4) is 0 Å². The third-order valence-corrected chi connectivity index (χ3v) is 4.75. The fraction of sp³-hybridized carbons (Fsp3) is 0.300. The molecule has 2 N–H and O–H groups in total. The zero-order chi connectivity index (χ0) is 17.2. The van der Waals surface area contributed by atoms with E-state index in [1.165, 1.54) is 5.56 Å². The van der Waals surface area contributed by atoms with E-state index in [1.807, 2.05) is 30.3 Å².